The van der Waals surface area contributed by atoms with Crippen LogP contribution in [-0.2, 0) is 6.42 Å². The molecule has 0 atom stereocenters. The van der Waals surface area contributed by atoms with Gasteiger partial charge in [-0.25, -0.2) is 9.67 Å². The van der Waals surface area contributed by atoms with E-state index in [1.807, 2.05) is 4.68 Å². The van der Waals surface area contributed by atoms with Crippen LogP contribution in [0.5, 0.6) is 0 Å². The molecule has 0 radical (unpaired) electrons. The molecule has 1 aromatic rings. The van der Waals surface area contributed by atoms with Gasteiger partial charge in [-0.3, -0.25) is 0 Å². The number of aromatic nitrogens is 3. The molecule has 0 unspecified atom stereocenters. The summed E-state index contributed by atoms with van der Waals surface area (Å²) in [5.41, 5.74) is -0.0420. The van der Waals surface area contributed by atoms with Gasteiger partial charge < -0.3 is 5.11 Å². The second-order valence-electron chi connectivity index (χ2n) is 4.76. The lowest BCUT2D eigenvalue weighted by atomic mass is 9.80. The lowest BCUT2D eigenvalue weighted by Crippen LogP contribution is -2.28. The normalized spacial score (nSPS) is 12.4. The quantitative estimate of drug-likeness (QED) is 0.807. The molecular weight excluding hydrogens is 202 g/mol. The van der Waals surface area contributed by atoms with Crippen molar-refractivity contribution in [1.82, 2.24) is 14.8 Å². The predicted octanol–water partition coefficient (Wildman–Crippen LogP) is 2.20. The highest BCUT2D eigenvalue weighted by molar-refractivity contribution is 4.94. The van der Waals surface area contributed by atoms with Gasteiger partial charge in [0.1, 0.15) is 12.2 Å². The molecule has 4 heteroatoms. The lowest BCUT2D eigenvalue weighted by Gasteiger charge is -2.29. The molecule has 1 rings (SSSR count). The molecule has 16 heavy (non-hydrogen) atoms. The number of hydrogen-bond acceptors (Lipinski definition) is 3. The molecule has 0 saturated heterocycles. The van der Waals surface area contributed by atoms with E-state index < -0.39 is 0 Å². The summed E-state index contributed by atoms with van der Waals surface area (Å²) in [6, 6.07) is 0.322. The van der Waals surface area contributed by atoms with E-state index in [1.54, 1.807) is 6.33 Å². The van der Waals surface area contributed by atoms with Crippen molar-refractivity contribution in [2.24, 2.45) is 5.41 Å². The third-order valence-electron chi connectivity index (χ3n) is 3.50. The molecule has 0 bridgehead atoms. The van der Waals surface area contributed by atoms with Gasteiger partial charge in [-0.15, -0.1) is 0 Å². The maximum absolute atomic E-state index is 9.55. The fraction of sp³-hybridized carbons (Fsp3) is 0.833. The summed E-state index contributed by atoms with van der Waals surface area (Å²) >= 11 is 0. The van der Waals surface area contributed by atoms with Crippen LogP contribution >= 0.6 is 0 Å². The maximum atomic E-state index is 9.55. The van der Waals surface area contributed by atoms with Gasteiger partial charge in [0, 0.05) is 24.5 Å². The van der Waals surface area contributed by atoms with Crippen LogP contribution < -0.4 is 0 Å². The molecule has 0 aliphatic heterocycles. The van der Waals surface area contributed by atoms with Crippen LogP contribution in [0.2, 0.25) is 0 Å². The van der Waals surface area contributed by atoms with E-state index >= 15 is 0 Å². The molecule has 1 heterocycles. The van der Waals surface area contributed by atoms with E-state index in [1.165, 1.54) is 0 Å². The van der Waals surface area contributed by atoms with Crippen molar-refractivity contribution in [2.45, 2.75) is 53.0 Å². The third kappa shape index (κ3) is 2.61. The number of rotatable bonds is 6. The number of aliphatic hydroxyl groups excluding tert-OH is 1. The highest BCUT2D eigenvalue weighted by Gasteiger charge is 2.28. The summed E-state index contributed by atoms with van der Waals surface area (Å²) in [5, 5.41) is 13.8. The average molecular weight is 225 g/mol. The summed E-state index contributed by atoms with van der Waals surface area (Å²) in [5.74, 6) is 0.979. The molecule has 0 spiro atoms. The van der Waals surface area contributed by atoms with Gasteiger partial charge >= 0.3 is 0 Å². The Morgan fingerprint density at radius 2 is 2.00 bits per heavy atom. The fourth-order valence-electron chi connectivity index (χ4n) is 1.95. The highest BCUT2D eigenvalue weighted by Crippen LogP contribution is 2.30. The van der Waals surface area contributed by atoms with Crippen molar-refractivity contribution in [2.75, 3.05) is 6.61 Å². The smallest absolute Gasteiger partial charge is 0.138 e. The fourth-order valence-corrected chi connectivity index (χ4v) is 1.95. The van der Waals surface area contributed by atoms with E-state index in [-0.39, 0.29) is 12.0 Å². The van der Waals surface area contributed by atoms with Crippen LogP contribution in [0, 0.1) is 5.41 Å². The molecule has 0 saturated carbocycles. The van der Waals surface area contributed by atoms with E-state index in [0.29, 0.717) is 6.04 Å². The first kappa shape index (κ1) is 13.2. The number of aliphatic hydroxyl groups is 1. The summed E-state index contributed by atoms with van der Waals surface area (Å²) in [6.45, 7) is 8.64. The minimum Gasteiger partial charge on any atom is -0.396 e. The van der Waals surface area contributed by atoms with Crippen molar-refractivity contribution in [1.29, 1.82) is 0 Å². The van der Waals surface area contributed by atoms with Gasteiger partial charge in [-0.05, 0) is 26.7 Å². The third-order valence-corrected chi connectivity index (χ3v) is 3.50. The molecule has 1 aromatic heterocycles. The first-order chi connectivity index (χ1) is 7.58. The van der Waals surface area contributed by atoms with Gasteiger partial charge in [0.15, 0.2) is 0 Å². The van der Waals surface area contributed by atoms with E-state index in [2.05, 4.69) is 37.8 Å². The monoisotopic (exact) mass is 225 g/mol. The average Bonchev–Trinajstić information content (AvgIpc) is 2.74. The Labute approximate surface area is 97.7 Å². The van der Waals surface area contributed by atoms with Gasteiger partial charge in [-0.2, -0.15) is 5.10 Å². The van der Waals surface area contributed by atoms with Crippen LogP contribution in [-0.4, -0.2) is 26.5 Å². The molecule has 1 N–H and O–H groups in total. The van der Waals surface area contributed by atoms with Crippen molar-refractivity contribution in [3.63, 3.8) is 0 Å². The Kier molecular flexibility index (Phi) is 4.47. The van der Waals surface area contributed by atoms with Gasteiger partial charge in [-0.1, -0.05) is 13.8 Å². The second-order valence-corrected chi connectivity index (χ2v) is 4.76. The standard InChI is InChI=1S/C12H23N3O/c1-5-12(6-2,8-16)7-11-13-9-14-15(11)10(3)4/h9-10,16H,5-8H2,1-4H3. The van der Waals surface area contributed by atoms with Crippen molar-refractivity contribution < 1.29 is 5.11 Å². The Balaban J connectivity index is 2.89. The van der Waals surface area contributed by atoms with Crippen LogP contribution in [0.4, 0.5) is 0 Å². The van der Waals surface area contributed by atoms with E-state index in [4.69, 9.17) is 0 Å². The van der Waals surface area contributed by atoms with E-state index in [0.717, 1.165) is 25.1 Å². The van der Waals surface area contributed by atoms with Crippen molar-refractivity contribution in [3.05, 3.63) is 12.2 Å². The molecule has 92 valence electrons. The van der Waals surface area contributed by atoms with Crippen LogP contribution in [0.25, 0.3) is 0 Å². The Hall–Kier alpha value is -0.900. The molecule has 0 aliphatic rings. The summed E-state index contributed by atoms with van der Waals surface area (Å²) in [7, 11) is 0. The summed E-state index contributed by atoms with van der Waals surface area (Å²) in [4.78, 5) is 4.31. The molecule has 0 fully saturated rings. The molecule has 0 aliphatic carbocycles. The Morgan fingerprint density at radius 3 is 2.44 bits per heavy atom. The topological polar surface area (TPSA) is 50.9 Å². The van der Waals surface area contributed by atoms with Crippen LogP contribution in [0.1, 0.15) is 52.4 Å². The van der Waals surface area contributed by atoms with Crippen LogP contribution in [0.15, 0.2) is 6.33 Å². The van der Waals surface area contributed by atoms with Crippen molar-refractivity contribution in [3.8, 4) is 0 Å². The molecule has 0 amide bonds. The van der Waals surface area contributed by atoms with E-state index in [9.17, 15) is 5.11 Å². The second kappa shape index (κ2) is 5.43. The zero-order valence-corrected chi connectivity index (χ0v) is 10.8. The largest absolute Gasteiger partial charge is 0.396 e. The lowest BCUT2D eigenvalue weighted by molar-refractivity contribution is 0.111. The summed E-state index contributed by atoms with van der Waals surface area (Å²) in [6.07, 6.45) is 4.33. The number of hydrogen-bond donors (Lipinski definition) is 1. The molecule has 4 nitrogen and oxygen atoms in total. The van der Waals surface area contributed by atoms with Crippen LogP contribution in [0.3, 0.4) is 0 Å². The zero-order chi connectivity index (χ0) is 12.2. The molecule has 0 aromatic carbocycles. The maximum Gasteiger partial charge on any atom is 0.138 e. The summed E-state index contributed by atoms with van der Waals surface area (Å²) < 4.78 is 1.94. The zero-order valence-electron chi connectivity index (χ0n) is 10.8. The van der Waals surface area contributed by atoms with Gasteiger partial charge in [0.25, 0.3) is 0 Å². The first-order valence-corrected chi connectivity index (χ1v) is 6.07. The minimum atomic E-state index is -0.0420. The predicted molar refractivity (Wildman–Crippen MR) is 64.2 cm³/mol. The Bertz CT molecular complexity index is 308. The molecular formula is C12H23N3O. The SMILES string of the molecule is CCC(CC)(CO)Cc1ncnn1C(C)C. The first-order valence-electron chi connectivity index (χ1n) is 6.07. The van der Waals surface area contributed by atoms with Gasteiger partial charge in [0.2, 0.25) is 0 Å². The highest BCUT2D eigenvalue weighted by atomic mass is 16.3. The minimum absolute atomic E-state index is 0.0420. The number of nitrogens with zero attached hydrogens (tertiary/aromatic N) is 3. The Morgan fingerprint density at radius 1 is 1.38 bits per heavy atom. The van der Waals surface area contributed by atoms with Gasteiger partial charge in [0.05, 0.1) is 0 Å². The van der Waals surface area contributed by atoms with Crippen molar-refractivity contribution >= 4 is 0 Å².